The maximum atomic E-state index is 11.3. The number of nitrogens with two attached hydrogens (primary N) is 1. The molecule has 0 bridgehead atoms. The number of benzene rings is 1. The van der Waals surface area contributed by atoms with Crippen LogP contribution >= 0.6 is 0 Å². The fourth-order valence-electron chi connectivity index (χ4n) is 1.40. The lowest BCUT2D eigenvalue weighted by atomic mass is 9.96. The molecule has 0 saturated heterocycles. The molecule has 0 radical (unpaired) electrons. The van der Waals surface area contributed by atoms with Gasteiger partial charge in [-0.3, -0.25) is 9.59 Å². The van der Waals surface area contributed by atoms with Crippen molar-refractivity contribution in [2.24, 2.45) is 5.73 Å². The molecule has 0 spiro atoms. The fourth-order valence-corrected chi connectivity index (χ4v) is 1.40. The molecule has 1 aromatic rings. The monoisotopic (exact) mass is 223 g/mol. The van der Waals surface area contributed by atoms with Crippen LogP contribution in [0.25, 0.3) is 0 Å². The minimum absolute atomic E-state index is 0.196. The highest BCUT2D eigenvalue weighted by Crippen LogP contribution is 2.21. The van der Waals surface area contributed by atoms with Crippen molar-refractivity contribution in [2.75, 3.05) is 0 Å². The third-order valence-corrected chi connectivity index (χ3v) is 2.25. The Morgan fingerprint density at radius 2 is 1.81 bits per heavy atom. The lowest BCUT2D eigenvalue weighted by molar-refractivity contribution is -0.132. The molecule has 1 amide bonds. The fraction of sp³-hybridized carbons (Fsp3) is 0.273. The Kier molecular flexibility index (Phi) is 3.76. The normalized spacial score (nSPS) is 14.2. The molecule has 0 fully saturated rings. The summed E-state index contributed by atoms with van der Waals surface area (Å²) in [6, 6.07) is 6.20. The molecule has 0 aliphatic heterocycles. The molecule has 4 N–H and O–H groups in total. The largest absolute Gasteiger partial charge is 0.385 e. The third kappa shape index (κ3) is 2.44. The van der Waals surface area contributed by atoms with E-state index in [9.17, 15) is 19.8 Å². The summed E-state index contributed by atoms with van der Waals surface area (Å²) in [5.74, 6) is -1.29. The lowest BCUT2D eigenvalue weighted by Crippen LogP contribution is -2.34. The summed E-state index contributed by atoms with van der Waals surface area (Å²) >= 11 is 0. The molecule has 0 aliphatic carbocycles. The number of primary amides is 1. The van der Waals surface area contributed by atoms with Crippen LogP contribution in [0.5, 0.6) is 0 Å². The first-order valence-corrected chi connectivity index (χ1v) is 4.70. The highest BCUT2D eigenvalue weighted by atomic mass is 16.3. The number of hydrogen-bond acceptors (Lipinski definition) is 4. The predicted molar refractivity (Wildman–Crippen MR) is 56.6 cm³/mol. The average Bonchev–Trinajstić information content (AvgIpc) is 2.26. The van der Waals surface area contributed by atoms with Gasteiger partial charge in [-0.05, 0) is 12.5 Å². The predicted octanol–water partition coefficient (Wildman–Crippen LogP) is -0.231. The number of aliphatic hydroxyl groups is 2. The quantitative estimate of drug-likeness (QED) is 0.613. The van der Waals surface area contributed by atoms with Crippen molar-refractivity contribution in [2.45, 2.75) is 19.1 Å². The van der Waals surface area contributed by atoms with Gasteiger partial charge in [-0.25, -0.2) is 0 Å². The highest BCUT2D eigenvalue weighted by Gasteiger charge is 2.26. The van der Waals surface area contributed by atoms with Gasteiger partial charge >= 0.3 is 0 Å². The molecule has 86 valence electrons. The molecule has 2 unspecified atom stereocenters. The zero-order valence-corrected chi connectivity index (χ0v) is 8.75. The second-order valence-corrected chi connectivity index (χ2v) is 3.44. The van der Waals surface area contributed by atoms with E-state index in [1.807, 2.05) is 0 Å². The first-order chi connectivity index (χ1) is 7.45. The molecule has 2 atom stereocenters. The highest BCUT2D eigenvalue weighted by molar-refractivity contribution is 5.96. The van der Waals surface area contributed by atoms with Crippen LogP contribution in [0.3, 0.4) is 0 Å². The summed E-state index contributed by atoms with van der Waals surface area (Å²) in [6.07, 6.45) is -3.21. The van der Waals surface area contributed by atoms with Crippen molar-refractivity contribution in [1.82, 2.24) is 0 Å². The van der Waals surface area contributed by atoms with Gasteiger partial charge in [-0.1, -0.05) is 24.3 Å². The summed E-state index contributed by atoms with van der Waals surface area (Å²) in [4.78, 5) is 22.0. The van der Waals surface area contributed by atoms with Gasteiger partial charge in [0.1, 0.15) is 6.10 Å². The summed E-state index contributed by atoms with van der Waals surface area (Å²) in [5, 5.41) is 19.0. The van der Waals surface area contributed by atoms with Crippen molar-refractivity contribution in [3.63, 3.8) is 0 Å². The second kappa shape index (κ2) is 4.87. The molecule has 0 aliphatic rings. The smallest absolute Gasteiger partial charge is 0.249 e. The molecule has 5 heteroatoms. The maximum Gasteiger partial charge on any atom is 0.249 e. The van der Waals surface area contributed by atoms with E-state index in [2.05, 4.69) is 0 Å². The van der Waals surface area contributed by atoms with E-state index in [1.54, 1.807) is 12.1 Å². The van der Waals surface area contributed by atoms with Crippen molar-refractivity contribution in [3.05, 3.63) is 35.4 Å². The number of carbonyl (C=O) groups excluding carboxylic acids is 2. The molecular weight excluding hydrogens is 210 g/mol. The molecule has 1 rings (SSSR count). The van der Waals surface area contributed by atoms with E-state index < -0.39 is 18.1 Å². The number of carbonyl (C=O) groups is 2. The maximum absolute atomic E-state index is 11.3. The van der Waals surface area contributed by atoms with Crippen LogP contribution in [0.4, 0.5) is 0 Å². The first kappa shape index (κ1) is 12.4. The molecule has 0 aromatic heterocycles. The van der Waals surface area contributed by atoms with Crippen molar-refractivity contribution in [3.8, 4) is 0 Å². The molecule has 5 nitrogen and oxygen atoms in total. The number of aliphatic hydroxyl groups excluding tert-OH is 2. The topological polar surface area (TPSA) is 101 Å². The van der Waals surface area contributed by atoms with Crippen molar-refractivity contribution >= 4 is 11.7 Å². The van der Waals surface area contributed by atoms with Gasteiger partial charge in [-0.2, -0.15) is 0 Å². The molecular formula is C11H13NO4. The van der Waals surface area contributed by atoms with Gasteiger partial charge in [0.2, 0.25) is 5.91 Å². The van der Waals surface area contributed by atoms with Gasteiger partial charge in [0.05, 0.1) is 0 Å². The number of amides is 1. The first-order valence-electron chi connectivity index (χ1n) is 4.70. The van der Waals surface area contributed by atoms with E-state index in [4.69, 9.17) is 5.73 Å². The molecule has 16 heavy (non-hydrogen) atoms. The summed E-state index contributed by atoms with van der Waals surface area (Å²) < 4.78 is 0. The van der Waals surface area contributed by atoms with Gasteiger partial charge in [0.15, 0.2) is 11.9 Å². The van der Waals surface area contributed by atoms with Crippen LogP contribution in [0, 0.1) is 0 Å². The average molecular weight is 223 g/mol. The zero-order valence-electron chi connectivity index (χ0n) is 8.75. The van der Waals surface area contributed by atoms with Crippen LogP contribution < -0.4 is 5.73 Å². The Morgan fingerprint density at radius 3 is 2.31 bits per heavy atom. The Morgan fingerprint density at radius 1 is 1.25 bits per heavy atom. The molecule has 1 aromatic carbocycles. The van der Waals surface area contributed by atoms with E-state index in [-0.39, 0.29) is 16.9 Å². The molecule has 0 heterocycles. The van der Waals surface area contributed by atoms with Crippen LogP contribution in [-0.2, 0) is 4.79 Å². The van der Waals surface area contributed by atoms with E-state index in [0.717, 1.165) is 0 Å². The Labute approximate surface area is 92.5 Å². The molecule has 0 saturated carbocycles. The minimum atomic E-state index is -1.72. The van der Waals surface area contributed by atoms with E-state index in [0.29, 0.717) is 0 Å². The van der Waals surface area contributed by atoms with Crippen molar-refractivity contribution < 1.29 is 19.8 Å². The Balaban J connectivity index is 3.12. The van der Waals surface area contributed by atoms with Gasteiger partial charge in [0.25, 0.3) is 0 Å². The summed E-state index contributed by atoms with van der Waals surface area (Å²) in [5.41, 5.74) is 5.32. The SMILES string of the molecule is CC(=O)c1ccccc1C(O)C(O)C(N)=O. The Hall–Kier alpha value is -1.72. The minimum Gasteiger partial charge on any atom is -0.385 e. The number of hydrogen-bond donors (Lipinski definition) is 3. The summed E-state index contributed by atoms with van der Waals surface area (Å²) in [7, 11) is 0. The number of rotatable bonds is 4. The van der Waals surface area contributed by atoms with Gasteiger partial charge in [-0.15, -0.1) is 0 Å². The van der Waals surface area contributed by atoms with Gasteiger partial charge in [0, 0.05) is 5.56 Å². The number of Topliss-reactive ketones (excluding diaryl/α,β-unsaturated/α-hetero) is 1. The third-order valence-electron chi connectivity index (χ3n) is 2.25. The second-order valence-electron chi connectivity index (χ2n) is 3.44. The van der Waals surface area contributed by atoms with Gasteiger partial charge < -0.3 is 15.9 Å². The Bertz CT molecular complexity index is 416. The van der Waals surface area contributed by atoms with Crippen LogP contribution in [0.15, 0.2) is 24.3 Å². The van der Waals surface area contributed by atoms with E-state index >= 15 is 0 Å². The van der Waals surface area contributed by atoms with Crippen molar-refractivity contribution in [1.29, 1.82) is 0 Å². The standard InChI is InChI=1S/C11H13NO4/c1-6(13)7-4-2-3-5-8(7)9(14)10(15)11(12)16/h2-5,9-10,14-15H,1H3,(H2,12,16). The van der Waals surface area contributed by atoms with Crippen LogP contribution in [-0.4, -0.2) is 28.0 Å². The number of ketones is 1. The van der Waals surface area contributed by atoms with Crippen LogP contribution in [0.2, 0.25) is 0 Å². The lowest BCUT2D eigenvalue weighted by Gasteiger charge is -2.17. The zero-order chi connectivity index (χ0) is 12.3. The van der Waals surface area contributed by atoms with Crippen LogP contribution in [0.1, 0.15) is 28.9 Å². The van der Waals surface area contributed by atoms with E-state index in [1.165, 1.54) is 19.1 Å². The summed E-state index contributed by atoms with van der Waals surface area (Å²) in [6.45, 7) is 1.34.